The summed E-state index contributed by atoms with van der Waals surface area (Å²) in [6, 6.07) is 19.9. The molecule has 3 aromatic carbocycles. The number of rotatable bonds is 0. The standard InChI is InChI=1S/C18H14O2/c19-17-14-8-4-3-7-13(14)15-9-11-5-1-2-6-12(11)10-16(15)18(17)20/h1-10,17-20H/t17-,18+/m1/s1. The molecule has 0 aliphatic heterocycles. The molecule has 0 spiro atoms. The van der Waals surface area contributed by atoms with Gasteiger partial charge in [0, 0.05) is 0 Å². The third-order valence-electron chi connectivity index (χ3n) is 4.11. The maximum Gasteiger partial charge on any atom is 0.110 e. The third-order valence-corrected chi connectivity index (χ3v) is 4.11. The highest BCUT2D eigenvalue weighted by atomic mass is 16.3. The maximum atomic E-state index is 10.4. The first kappa shape index (κ1) is 11.6. The van der Waals surface area contributed by atoms with Crippen LogP contribution in [0.5, 0.6) is 0 Å². The summed E-state index contributed by atoms with van der Waals surface area (Å²) in [6.45, 7) is 0. The van der Waals surface area contributed by atoms with Crippen molar-refractivity contribution in [2.24, 2.45) is 0 Å². The molecule has 2 nitrogen and oxygen atoms in total. The highest BCUT2D eigenvalue weighted by Gasteiger charge is 2.30. The molecular weight excluding hydrogens is 248 g/mol. The molecule has 98 valence electrons. The molecule has 0 aromatic heterocycles. The summed E-state index contributed by atoms with van der Waals surface area (Å²) in [4.78, 5) is 0. The summed E-state index contributed by atoms with van der Waals surface area (Å²) in [7, 11) is 0. The third kappa shape index (κ3) is 1.52. The van der Waals surface area contributed by atoms with Crippen LogP contribution in [-0.4, -0.2) is 10.2 Å². The first-order valence-electron chi connectivity index (χ1n) is 6.74. The van der Waals surface area contributed by atoms with Crippen molar-refractivity contribution in [1.29, 1.82) is 0 Å². The van der Waals surface area contributed by atoms with Crippen LogP contribution in [0.4, 0.5) is 0 Å². The van der Waals surface area contributed by atoms with Gasteiger partial charge in [-0.1, -0.05) is 48.5 Å². The van der Waals surface area contributed by atoms with Gasteiger partial charge in [-0.3, -0.25) is 0 Å². The Hall–Kier alpha value is -2.16. The van der Waals surface area contributed by atoms with Crippen LogP contribution < -0.4 is 0 Å². The van der Waals surface area contributed by atoms with Crippen LogP contribution in [0.1, 0.15) is 23.3 Å². The molecule has 3 aromatic rings. The minimum atomic E-state index is -0.871. The second-order valence-electron chi connectivity index (χ2n) is 5.26. The Morgan fingerprint density at radius 1 is 0.600 bits per heavy atom. The quantitative estimate of drug-likeness (QED) is 0.650. The molecule has 2 atom stereocenters. The lowest BCUT2D eigenvalue weighted by Gasteiger charge is -2.29. The predicted molar refractivity (Wildman–Crippen MR) is 79.3 cm³/mol. The van der Waals surface area contributed by atoms with E-state index in [-0.39, 0.29) is 0 Å². The molecule has 1 aliphatic carbocycles. The Balaban J connectivity index is 2.09. The molecule has 0 bridgehead atoms. The maximum absolute atomic E-state index is 10.4. The fraction of sp³-hybridized carbons (Fsp3) is 0.111. The Morgan fingerprint density at radius 2 is 1.20 bits per heavy atom. The van der Waals surface area contributed by atoms with Gasteiger partial charge in [-0.05, 0) is 45.2 Å². The van der Waals surface area contributed by atoms with E-state index < -0.39 is 12.2 Å². The zero-order valence-corrected chi connectivity index (χ0v) is 10.8. The van der Waals surface area contributed by atoms with Crippen molar-refractivity contribution < 1.29 is 10.2 Å². The molecule has 1 aliphatic rings. The van der Waals surface area contributed by atoms with E-state index in [0.717, 1.165) is 33.0 Å². The van der Waals surface area contributed by atoms with E-state index in [1.54, 1.807) is 0 Å². The van der Waals surface area contributed by atoms with Crippen molar-refractivity contribution >= 4 is 10.8 Å². The second-order valence-corrected chi connectivity index (χ2v) is 5.26. The highest BCUT2D eigenvalue weighted by Crippen LogP contribution is 2.45. The molecule has 0 fully saturated rings. The topological polar surface area (TPSA) is 40.5 Å². The summed E-state index contributed by atoms with van der Waals surface area (Å²) < 4.78 is 0. The summed E-state index contributed by atoms with van der Waals surface area (Å²) in [6.07, 6.45) is -1.73. The average molecular weight is 262 g/mol. The van der Waals surface area contributed by atoms with E-state index in [4.69, 9.17) is 0 Å². The summed E-state index contributed by atoms with van der Waals surface area (Å²) in [5.74, 6) is 0. The zero-order chi connectivity index (χ0) is 13.7. The Bertz CT molecular complexity index is 807. The number of benzene rings is 3. The number of fused-ring (bicyclic) bond motifs is 4. The van der Waals surface area contributed by atoms with Crippen LogP contribution in [0.2, 0.25) is 0 Å². The fourth-order valence-electron chi connectivity index (χ4n) is 3.08. The predicted octanol–water partition coefficient (Wildman–Crippen LogP) is 3.59. The molecule has 2 heteroatoms. The van der Waals surface area contributed by atoms with Crippen molar-refractivity contribution in [2.45, 2.75) is 12.2 Å². The second kappa shape index (κ2) is 4.17. The van der Waals surface area contributed by atoms with Gasteiger partial charge in [-0.25, -0.2) is 0 Å². The first-order chi connectivity index (χ1) is 9.75. The van der Waals surface area contributed by atoms with E-state index in [1.807, 2.05) is 48.5 Å². The van der Waals surface area contributed by atoms with E-state index in [1.165, 1.54) is 0 Å². The first-order valence-corrected chi connectivity index (χ1v) is 6.74. The van der Waals surface area contributed by atoms with Crippen molar-refractivity contribution in [3.63, 3.8) is 0 Å². The molecule has 4 rings (SSSR count). The highest BCUT2D eigenvalue weighted by molar-refractivity contribution is 5.90. The van der Waals surface area contributed by atoms with Crippen LogP contribution in [0.3, 0.4) is 0 Å². The lowest BCUT2D eigenvalue weighted by molar-refractivity contribution is 0.0159. The van der Waals surface area contributed by atoms with Gasteiger partial charge in [-0.2, -0.15) is 0 Å². The number of hydrogen-bond acceptors (Lipinski definition) is 2. The van der Waals surface area contributed by atoms with Gasteiger partial charge in [0.25, 0.3) is 0 Å². The summed E-state index contributed by atoms with van der Waals surface area (Å²) >= 11 is 0. The van der Waals surface area contributed by atoms with Gasteiger partial charge < -0.3 is 10.2 Å². The van der Waals surface area contributed by atoms with Crippen molar-refractivity contribution in [2.75, 3.05) is 0 Å². The normalized spacial score (nSPS) is 20.5. The lowest BCUT2D eigenvalue weighted by atomic mass is 9.81. The van der Waals surface area contributed by atoms with E-state index in [2.05, 4.69) is 12.1 Å². The van der Waals surface area contributed by atoms with Crippen LogP contribution in [0.25, 0.3) is 21.9 Å². The minimum absolute atomic E-state index is 0.794. The Morgan fingerprint density at radius 3 is 2.00 bits per heavy atom. The SMILES string of the molecule is O[C@@H]1c2ccccc2-c2cc3ccccc3cc2[C@@H]1O. The number of hydrogen-bond donors (Lipinski definition) is 2. The van der Waals surface area contributed by atoms with Gasteiger partial charge in [0.05, 0.1) is 0 Å². The van der Waals surface area contributed by atoms with E-state index in [9.17, 15) is 10.2 Å². The number of aliphatic hydroxyl groups excluding tert-OH is 2. The molecule has 0 unspecified atom stereocenters. The fourth-order valence-corrected chi connectivity index (χ4v) is 3.08. The van der Waals surface area contributed by atoms with Crippen molar-refractivity contribution in [3.05, 3.63) is 71.8 Å². The van der Waals surface area contributed by atoms with Gasteiger partial charge in [0.1, 0.15) is 12.2 Å². The molecule has 0 saturated heterocycles. The lowest BCUT2D eigenvalue weighted by Crippen LogP contribution is -2.17. The smallest absolute Gasteiger partial charge is 0.110 e. The van der Waals surface area contributed by atoms with E-state index in [0.29, 0.717) is 0 Å². The number of aliphatic hydroxyl groups is 2. The van der Waals surface area contributed by atoms with Crippen LogP contribution >= 0.6 is 0 Å². The molecule has 2 N–H and O–H groups in total. The van der Waals surface area contributed by atoms with Gasteiger partial charge in [0.15, 0.2) is 0 Å². The van der Waals surface area contributed by atoms with Crippen LogP contribution in [0.15, 0.2) is 60.7 Å². The van der Waals surface area contributed by atoms with E-state index >= 15 is 0 Å². The van der Waals surface area contributed by atoms with Gasteiger partial charge in [0.2, 0.25) is 0 Å². The average Bonchev–Trinajstić information content (AvgIpc) is 2.51. The van der Waals surface area contributed by atoms with Gasteiger partial charge in [-0.15, -0.1) is 0 Å². The molecule has 20 heavy (non-hydrogen) atoms. The zero-order valence-electron chi connectivity index (χ0n) is 10.8. The molecule has 0 saturated carbocycles. The Kier molecular flexibility index (Phi) is 2.43. The minimum Gasteiger partial charge on any atom is -0.385 e. The molecule has 0 radical (unpaired) electrons. The molecule has 0 heterocycles. The molecule has 0 amide bonds. The van der Waals surface area contributed by atoms with Crippen molar-refractivity contribution in [1.82, 2.24) is 0 Å². The van der Waals surface area contributed by atoms with Crippen LogP contribution in [0, 0.1) is 0 Å². The largest absolute Gasteiger partial charge is 0.385 e. The summed E-state index contributed by atoms with van der Waals surface area (Å²) in [5, 5.41) is 22.9. The van der Waals surface area contributed by atoms with Crippen LogP contribution in [-0.2, 0) is 0 Å². The molecular formula is C18H14O2. The Labute approximate surface area is 116 Å². The van der Waals surface area contributed by atoms with Crippen molar-refractivity contribution in [3.8, 4) is 11.1 Å². The van der Waals surface area contributed by atoms with Gasteiger partial charge >= 0.3 is 0 Å². The summed E-state index contributed by atoms with van der Waals surface area (Å²) in [5.41, 5.74) is 3.61. The monoisotopic (exact) mass is 262 g/mol.